The van der Waals surface area contributed by atoms with Crippen LogP contribution in [0.4, 0.5) is 19.1 Å². The number of nitrogens with one attached hydrogen (secondary N) is 1. The molecule has 4 nitrogen and oxygen atoms in total. The largest absolute Gasteiger partial charge is 0.416 e. The Bertz CT molecular complexity index is 549. The number of halogens is 3. The molecule has 0 unspecified atom stereocenters. The van der Waals surface area contributed by atoms with Crippen LogP contribution in [0, 0.1) is 0 Å². The Hall–Kier alpha value is -2.02. The Morgan fingerprint density at radius 2 is 1.95 bits per heavy atom. The van der Waals surface area contributed by atoms with Crippen LogP contribution >= 0.6 is 0 Å². The maximum absolute atomic E-state index is 12.5. The van der Waals surface area contributed by atoms with Gasteiger partial charge in [-0.1, -0.05) is 0 Å². The van der Waals surface area contributed by atoms with Crippen molar-refractivity contribution in [3.05, 3.63) is 42.2 Å². The highest BCUT2D eigenvalue weighted by atomic mass is 19.4. The number of imidazole rings is 1. The lowest BCUT2D eigenvalue weighted by Gasteiger charge is -2.11. The molecule has 0 amide bonds. The number of ether oxygens (including phenoxy) is 1. The predicted octanol–water partition coefficient (Wildman–Crippen LogP) is 2.95. The fourth-order valence-corrected chi connectivity index (χ4v) is 1.72. The van der Waals surface area contributed by atoms with Crippen LogP contribution in [0.3, 0.4) is 0 Å². The van der Waals surface area contributed by atoms with Gasteiger partial charge >= 0.3 is 6.18 Å². The number of rotatable bonds is 5. The fourth-order valence-electron chi connectivity index (χ4n) is 1.72. The summed E-state index contributed by atoms with van der Waals surface area (Å²) in [7, 11) is 1.59. The van der Waals surface area contributed by atoms with Crippen molar-refractivity contribution in [3.8, 4) is 5.69 Å². The number of hydrogen-bond acceptors (Lipinski definition) is 3. The van der Waals surface area contributed by atoms with Gasteiger partial charge < -0.3 is 10.1 Å². The average Bonchev–Trinajstić information content (AvgIpc) is 2.87. The molecule has 1 heterocycles. The van der Waals surface area contributed by atoms with Gasteiger partial charge in [-0.15, -0.1) is 0 Å². The first-order chi connectivity index (χ1) is 9.52. The van der Waals surface area contributed by atoms with Crippen molar-refractivity contribution in [2.75, 3.05) is 25.6 Å². The summed E-state index contributed by atoms with van der Waals surface area (Å²) < 4.78 is 44.1. The van der Waals surface area contributed by atoms with Gasteiger partial charge in [-0.05, 0) is 24.3 Å². The number of aromatic nitrogens is 2. The van der Waals surface area contributed by atoms with Gasteiger partial charge in [-0.2, -0.15) is 13.2 Å². The molecular weight excluding hydrogens is 271 g/mol. The minimum Gasteiger partial charge on any atom is -0.383 e. The van der Waals surface area contributed by atoms with Crippen molar-refractivity contribution in [2.24, 2.45) is 0 Å². The first kappa shape index (κ1) is 14.4. The van der Waals surface area contributed by atoms with Crippen molar-refractivity contribution in [2.45, 2.75) is 6.18 Å². The van der Waals surface area contributed by atoms with Crippen LogP contribution in [0.2, 0.25) is 0 Å². The molecular formula is C13H14F3N3O. The fraction of sp³-hybridized carbons (Fsp3) is 0.308. The third-order valence-electron chi connectivity index (χ3n) is 2.70. The van der Waals surface area contributed by atoms with E-state index >= 15 is 0 Å². The van der Waals surface area contributed by atoms with E-state index in [-0.39, 0.29) is 0 Å². The molecule has 0 saturated heterocycles. The first-order valence-corrected chi connectivity index (χ1v) is 5.96. The van der Waals surface area contributed by atoms with Crippen molar-refractivity contribution < 1.29 is 17.9 Å². The lowest BCUT2D eigenvalue weighted by atomic mass is 10.2. The van der Waals surface area contributed by atoms with Crippen LogP contribution in [-0.4, -0.2) is 29.8 Å². The zero-order valence-corrected chi connectivity index (χ0v) is 10.8. The van der Waals surface area contributed by atoms with Gasteiger partial charge in [0.15, 0.2) is 0 Å². The van der Waals surface area contributed by atoms with Gasteiger partial charge in [-0.25, -0.2) is 4.98 Å². The number of hydrogen-bond donors (Lipinski definition) is 1. The highest BCUT2D eigenvalue weighted by Gasteiger charge is 2.30. The summed E-state index contributed by atoms with van der Waals surface area (Å²) in [5.41, 5.74) is -0.0642. The summed E-state index contributed by atoms with van der Waals surface area (Å²) in [6.07, 6.45) is -1.07. The molecule has 0 aliphatic heterocycles. The van der Waals surface area contributed by atoms with Crippen LogP contribution in [0.1, 0.15) is 5.56 Å². The maximum Gasteiger partial charge on any atom is 0.416 e. The molecule has 0 spiro atoms. The molecule has 0 aliphatic rings. The highest BCUT2D eigenvalue weighted by molar-refractivity contribution is 5.43. The average molecular weight is 285 g/mol. The first-order valence-electron chi connectivity index (χ1n) is 5.96. The molecule has 0 radical (unpaired) electrons. The van der Waals surface area contributed by atoms with E-state index in [1.165, 1.54) is 12.1 Å². The molecule has 0 aliphatic carbocycles. The monoisotopic (exact) mass is 285 g/mol. The Morgan fingerprint density at radius 1 is 1.25 bits per heavy atom. The summed E-state index contributed by atoms with van der Waals surface area (Å²) in [6.45, 7) is 1.08. The summed E-state index contributed by atoms with van der Waals surface area (Å²) in [4.78, 5) is 4.11. The number of alkyl halides is 3. The van der Waals surface area contributed by atoms with Crippen LogP contribution in [-0.2, 0) is 10.9 Å². The third-order valence-corrected chi connectivity index (χ3v) is 2.70. The molecule has 0 fully saturated rings. The maximum atomic E-state index is 12.5. The smallest absolute Gasteiger partial charge is 0.383 e. The van der Waals surface area contributed by atoms with Gasteiger partial charge in [-0.3, -0.25) is 4.57 Å². The molecule has 2 rings (SSSR count). The molecule has 108 valence electrons. The normalized spacial score (nSPS) is 11.6. The topological polar surface area (TPSA) is 39.1 Å². The molecule has 20 heavy (non-hydrogen) atoms. The van der Waals surface area contributed by atoms with Crippen LogP contribution < -0.4 is 5.32 Å². The standard InChI is InChI=1S/C13H14F3N3O/c1-20-9-7-18-12-17-6-8-19(12)11-4-2-10(3-5-11)13(14,15)16/h2-6,8H,7,9H2,1H3,(H,17,18). The Labute approximate surface area is 114 Å². The molecule has 0 saturated carbocycles. The van der Waals surface area contributed by atoms with Crippen LogP contribution in [0.5, 0.6) is 0 Å². The molecule has 7 heteroatoms. The lowest BCUT2D eigenvalue weighted by Crippen LogP contribution is -2.12. The van der Waals surface area contributed by atoms with E-state index in [9.17, 15) is 13.2 Å². The van der Waals surface area contributed by atoms with E-state index in [0.29, 0.717) is 24.8 Å². The second kappa shape index (κ2) is 5.96. The minimum absolute atomic E-state index is 0.514. The molecule has 1 aromatic heterocycles. The summed E-state index contributed by atoms with van der Waals surface area (Å²) >= 11 is 0. The molecule has 1 aromatic carbocycles. The highest BCUT2D eigenvalue weighted by Crippen LogP contribution is 2.29. The van der Waals surface area contributed by atoms with Gasteiger partial charge in [0.05, 0.1) is 12.2 Å². The number of benzene rings is 1. The zero-order chi connectivity index (χ0) is 14.6. The van der Waals surface area contributed by atoms with E-state index in [1.54, 1.807) is 24.1 Å². The summed E-state index contributed by atoms with van der Waals surface area (Å²) in [6, 6.07) is 4.92. The van der Waals surface area contributed by atoms with Gasteiger partial charge in [0.2, 0.25) is 5.95 Å². The number of methoxy groups -OCH3 is 1. The van der Waals surface area contributed by atoms with Crippen LogP contribution in [0.15, 0.2) is 36.7 Å². The quantitative estimate of drug-likeness (QED) is 0.858. The van der Waals surface area contributed by atoms with Gasteiger partial charge in [0.1, 0.15) is 0 Å². The Morgan fingerprint density at radius 3 is 2.55 bits per heavy atom. The molecule has 0 atom stereocenters. The lowest BCUT2D eigenvalue weighted by molar-refractivity contribution is -0.137. The second-order valence-electron chi connectivity index (χ2n) is 4.09. The van der Waals surface area contributed by atoms with E-state index in [4.69, 9.17) is 4.74 Å². The van der Waals surface area contributed by atoms with E-state index < -0.39 is 11.7 Å². The summed E-state index contributed by atoms with van der Waals surface area (Å²) in [5, 5.41) is 3.04. The predicted molar refractivity (Wildman–Crippen MR) is 68.9 cm³/mol. The van der Waals surface area contributed by atoms with E-state index in [1.807, 2.05) is 0 Å². The van der Waals surface area contributed by atoms with E-state index in [2.05, 4.69) is 10.3 Å². The van der Waals surface area contributed by atoms with Crippen molar-refractivity contribution in [1.29, 1.82) is 0 Å². The minimum atomic E-state index is -4.33. The summed E-state index contributed by atoms with van der Waals surface area (Å²) in [5.74, 6) is 0.557. The third kappa shape index (κ3) is 3.30. The SMILES string of the molecule is COCCNc1nccn1-c1ccc(C(F)(F)F)cc1. The number of nitrogens with zero attached hydrogens (tertiary/aromatic N) is 2. The van der Waals surface area contributed by atoms with Crippen molar-refractivity contribution in [3.63, 3.8) is 0 Å². The molecule has 0 bridgehead atoms. The van der Waals surface area contributed by atoms with Crippen molar-refractivity contribution >= 4 is 5.95 Å². The van der Waals surface area contributed by atoms with Gasteiger partial charge in [0, 0.05) is 31.7 Å². The second-order valence-corrected chi connectivity index (χ2v) is 4.09. The Kier molecular flexibility index (Phi) is 4.29. The van der Waals surface area contributed by atoms with Crippen LogP contribution in [0.25, 0.3) is 5.69 Å². The van der Waals surface area contributed by atoms with Gasteiger partial charge in [0.25, 0.3) is 0 Å². The zero-order valence-electron chi connectivity index (χ0n) is 10.8. The van der Waals surface area contributed by atoms with E-state index in [0.717, 1.165) is 12.1 Å². The molecule has 2 aromatic rings. The Balaban J connectivity index is 2.18. The number of anilines is 1. The molecule has 1 N–H and O–H groups in total. The van der Waals surface area contributed by atoms with Crippen molar-refractivity contribution in [1.82, 2.24) is 9.55 Å².